The number of hydrogen-bond donors (Lipinski definition) is 2. The summed E-state index contributed by atoms with van der Waals surface area (Å²) in [7, 11) is 0. The summed E-state index contributed by atoms with van der Waals surface area (Å²) in [4.78, 5) is 24.7. The summed E-state index contributed by atoms with van der Waals surface area (Å²) >= 11 is 5.85. The molecule has 0 radical (unpaired) electrons. The van der Waals surface area contributed by atoms with E-state index < -0.39 is 0 Å². The number of nitrogens with zero attached hydrogens (tertiary/aromatic N) is 3. The molecule has 2 N–H and O–H groups in total. The van der Waals surface area contributed by atoms with Gasteiger partial charge in [0.15, 0.2) is 0 Å². The minimum atomic E-state index is -0.290. The zero-order valence-corrected chi connectivity index (χ0v) is 13.4. The summed E-state index contributed by atoms with van der Waals surface area (Å²) in [5, 5.41) is 6.45. The number of pyridine rings is 1. The second kappa shape index (κ2) is 7.52. The van der Waals surface area contributed by atoms with E-state index in [-0.39, 0.29) is 11.6 Å². The van der Waals surface area contributed by atoms with Crippen LogP contribution < -0.4 is 10.6 Å². The van der Waals surface area contributed by atoms with Crippen LogP contribution in [0.25, 0.3) is 0 Å². The highest BCUT2D eigenvalue weighted by atomic mass is 35.5. The first-order valence-electron chi connectivity index (χ1n) is 7.24. The van der Waals surface area contributed by atoms with Gasteiger partial charge in [0.2, 0.25) is 5.95 Å². The molecule has 120 valence electrons. The molecule has 1 aromatic carbocycles. The average molecular weight is 340 g/mol. The average Bonchev–Trinajstić information content (AvgIpc) is 2.63. The molecule has 0 spiro atoms. The summed E-state index contributed by atoms with van der Waals surface area (Å²) in [6.45, 7) is 0.337. The third kappa shape index (κ3) is 4.27. The molecule has 0 unspecified atom stereocenters. The van der Waals surface area contributed by atoms with Crippen LogP contribution in [0.5, 0.6) is 0 Å². The smallest absolute Gasteiger partial charge is 0.270 e. The highest BCUT2D eigenvalue weighted by molar-refractivity contribution is 6.30. The van der Waals surface area contributed by atoms with Crippen molar-refractivity contribution < 1.29 is 4.79 Å². The normalized spacial score (nSPS) is 10.2. The summed E-state index contributed by atoms with van der Waals surface area (Å²) in [5.41, 5.74) is 1.84. The molecular weight excluding hydrogens is 326 g/mol. The Morgan fingerprint density at radius 2 is 1.83 bits per heavy atom. The van der Waals surface area contributed by atoms with Crippen molar-refractivity contribution in [2.24, 2.45) is 0 Å². The third-order valence-corrected chi connectivity index (χ3v) is 3.40. The Hall–Kier alpha value is -2.99. The molecule has 0 aliphatic carbocycles. The van der Waals surface area contributed by atoms with E-state index in [1.807, 2.05) is 18.2 Å². The standard InChI is InChI=1S/C17H14ClN5O/c18-12-4-6-13(7-5-12)22-17-20-10-8-15(23-17)16(24)21-11-14-3-1-2-9-19-14/h1-10H,11H2,(H,21,24)(H,20,22,23). The molecule has 2 heterocycles. The zero-order chi connectivity index (χ0) is 16.8. The Bertz CT molecular complexity index is 824. The highest BCUT2D eigenvalue weighted by Crippen LogP contribution is 2.16. The van der Waals surface area contributed by atoms with Gasteiger partial charge in [0.25, 0.3) is 5.91 Å². The van der Waals surface area contributed by atoms with Crippen LogP contribution in [0.3, 0.4) is 0 Å². The van der Waals surface area contributed by atoms with E-state index in [0.29, 0.717) is 17.5 Å². The maximum Gasteiger partial charge on any atom is 0.270 e. The van der Waals surface area contributed by atoms with Crippen LogP contribution in [0.2, 0.25) is 5.02 Å². The first-order chi connectivity index (χ1) is 11.7. The monoisotopic (exact) mass is 339 g/mol. The van der Waals surface area contributed by atoms with Crippen LogP contribution in [0.4, 0.5) is 11.6 Å². The Labute approximate surface area is 143 Å². The zero-order valence-electron chi connectivity index (χ0n) is 12.6. The van der Waals surface area contributed by atoms with Crippen molar-refractivity contribution in [1.29, 1.82) is 0 Å². The van der Waals surface area contributed by atoms with Crippen LogP contribution >= 0.6 is 11.6 Å². The predicted molar refractivity (Wildman–Crippen MR) is 92.2 cm³/mol. The highest BCUT2D eigenvalue weighted by Gasteiger charge is 2.09. The van der Waals surface area contributed by atoms with Gasteiger partial charge in [-0.25, -0.2) is 9.97 Å². The molecule has 3 aromatic rings. The van der Waals surface area contributed by atoms with Crippen molar-refractivity contribution >= 4 is 29.1 Å². The van der Waals surface area contributed by atoms with Gasteiger partial charge in [-0.15, -0.1) is 0 Å². The van der Waals surface area contributed by atoms with Gasteiger partial charge in [-0.05, 0) is 42.5 Å². The molecule has 24 heavy (non-hydrogen) atoms. The van der Waals surface area contributed by atoms with E-state index in [4.69, 9.17) is 11.6 Å². The molecule has 0 fully saturated rings. The molecule has 2 aromatic heterocycles. The summed E-state index contributed by atoms with van der Waals surface area (Å²) in [5.74, 6) is 0.0463. The Morgan fingerprint density at radius 1 is 1.00 bits per heavy atom. The van der Waals surface area contributed by atoms with Crippen LogP contribution in [-0.4, -0.2) is 20.9 Å². The van der Waals surface area contributed by atoms with Gasteiger partial charge in [0.1, 0.15) is 5.69 Å². The second-order valence-electron chi connectivity index (χ2n) is 4.90. The van der Waals surface area contributed by atoms with Crippen molar-refractivity contribution in [3.05, 3.63) is 77.3 Å². The van der Waals surface area contributed by atoms with E-state index in [2.05, 4.69) is 25.6 Å². The minimum Gasteiger partial charge on any atom is -0.345 e. The van der Waals surface area contributed by atoms with Gasteiger partial charge < -0.3 is 10.6 Å². The SMILES string of the molecule is O=C(NCc1ccccn1)c1ccnc(Nc2ccc(Cl)cc2)n1. The molecule has 7 heteroatoms. The second-order valence-corrected chi connectivity index (χ2v) is 5.34. The molecule has 6 nitrogen and oxygen atoms in total. The molecule has 1 amide bonds. The van der Waals surface area contributed by atoms with Gasteiger partial charge in [0.05, 0.1) is 12.2 Å². The molecule has 0 aliphatic rings. The maximum atomic E-state index is 12.2. The topological polar surface area (TPSA) is 79.8 Å². The van der Waals surface area contributed by atoms with Crippen molar-refractivity contribution in [3.63, 3.8) is 0 Å². The number of rotatable bonds is 5. The Morgan fingerprint density at radius 3 is 2.58 bits per heavy atom. The van der Waals surface area contributed by atoms with E-state index in [9.17, 15) is 4.79 Å². The number of carbonyl (C=O) groups is 1. The first kappa shape index (κ1) is 15.9. The van der Waals surface area contributed by atoms with Crippen LogP contribution in [0, 0.1) is 0 Å². The lowest BCUT2D eigenvalue weighted by molar-refractivity contribution is 0.0945. The summed E-state index contributed by atoms with van der Waals surface area (Å²) in [6.07, 6.45) is 3.21. The van der Waals surface area contributed by atoms with E-state index in [1.165, 1.54) is 6.20 Å². The van der Waals surface area contributed by atoms with Gasteiger partial charge >= 0.3 is 0 Å². The van der Waals surface area contributed by atoms with Crippen molar-refractivity contribution in [1.82, 2.24) is 20.3 Å². The van der Waals surface area contributed by atoms with E-state index in [0.717, 1.165) is 11.4 Å². The molecule has 0 atom stereocenters. The van der Waals surface area contributed by atoms with Crippen LogP contribution in [0.1, 0.15) is 16.2 Å². The molecule has 0 bridgehead atoms. The van der Waals surface area contributed by atoms with Crippen LogP contribution in [0.15, 0.2) is 60.9 Å². The quantitative estimate of drug-likeness (QED) is 0.746. The number of aromatic nitrogens is 3. The number of nitrogens with one attached hydrogen (secondary N) is 2. The predicted octanol–water partition coefficient (Wildman–Crippen LogP) is 3.20. The van der Waals surface area contributed by atoms with E-state index in [1.54, 1.807) is 36.5 Å². The third-order valence-electron chi connectivity index (χ3n) is 3.14. The van der Waals surface area contributed by atoms with Gasteiger partial charge in [-0.1, -0.05) is 17.7 Å². The number of benzene rings is 1. The Kier molecular flexibility index (Phi) is 4.98. The fourth-order valence-electron chi connectivity index (χ4n) is 1.97. The maximum absolute atomic E-state index is 12.2. The lowest BCUT2D eigenvalue weighted by Gasteiger charge is -2.07. The first-order valence-corrected chi connectivity index (χ1v) is 7.62. The Balaban J connectivity index is 1.65. The largest absolute Gasteiger partial charge is 0.345 e. The molecule has 0 aliphatic heterocycles. The number of carbonyl (C=O) groups excluding carboxylic acids is 1. The van der Waals surface area contributed by atoms with Crippen molar-refractivity contribution in [2.45, 2.75) is 6.54 Å². The number of anilines is 2. The molecule has 0 saturated carbocycles. The summed E-state index contributed by atoms with van der Waals surface area (Å²) < 4.78 is 0. The van der Waals surface area contributed by atoms with Crippen molar-refractivity contribution in [3.8, 4) is 0 Å². The van der Waals surface area contributed by atoms with Crippen molar-refractivity contribution in [2.75, 3.05) is 5.32 Å². The number of amides is 1. The van der Waals surface area contributed by atoms with E-state index >= 15 is 0 Å². The fourth-order valence-corrected chi connectivity index (χ4v) is 2.10. The number of hydrogen-bond acceptors (Lipinski definition) is 5. The van der Waals surface area contributed by atoms with Crippen LogP contribution in [-0.2, 0) is 6.54 Å². The minimum absolute atomic E-state index is 0.275. The molecule has 0 saturated heterocycles. The summed E-state index contributed by atoms with van der Waals surface area (Å²) in [6, 6.07) is 14.2. The number of halogens is 1. The lowest BCUT2D eigenvalue weighted by Crippen LogP contribution is -2.24. The lowest BCUT2D eigenvalue weighted by atomic mass is 10.3. The van der Waals surface area contributed by atoms with Gasteiger partial charge in [-0.2, -0.15) is 0 Å². The molecule has 3 rings (SSSR count). The van der Waals surface area contributed by atoms with Gasteiger partial charge in [0, 0.05) is 23.1 Å². The molecular formula is C17H14ClN5O. The fraction of sp³-hybridized carbons (Fsp3) is 0.0588. The van der Waals surface area contributed by atoms with Gasteiger partial charge in [-0.3, -0.25) is 9.78 Å².